The van der Waals surface area contributed by atoms with Crippen LogP contribution in [-0.2, 0) is 17.8 Å². The maximum atomic E-state index is 12.8. The van der Waals surface area contributed by atoms with Gasteiger partial charge in [-0.2, -0.15) is 0 Å². The van der Waals surface area contributed by atoms with Gasteiger partial charge in [-0.05, 0) is 48.7 Å². The Balaban J connectivity index is 1.33. The van der Waals surface area contributed by atoms with E-state index in [9.17, 15) is 4.79 Å². The fourth-order valence-corrected chi connectivity index (χ4v) is 4.35. The first-order valence-electron chi connectivity index (χ1n) is 11.4. The number of hydrogen-bond donors (Lipinski definition) is 1. The molecule has 4 rings (SSSR count). The van der Waals surface area contributed by atoms with Crippen LogP contribution in [-0.4, -0.2) is 74.6 Å². The molecule has 2 aromatic rings. The predicted octanol–water partition coefficient (Wildman–Crippen LogP) is 2.37. The lowest BCUT2D eigenvalue weighted by Gasteiger charge is -2.37. The monoisotopic (exact) mass is 435 g/mol. The van der Waals surface area contributed by atoms with Crippen LogP contribution in [0.3, 0.4) is 0 Å². The van der Waals surface area contributed by atoms with Crippen molar-refractivity contribution >= 4 is 17.6 Å². The van der Waals surface area contributed by atoms with Gasteiger partial charge in [0, 0.05) is 51.5 Å². The Morgan fingerprint density at radius 2 is 1.69 bits per heavy atom. The van der Waals surface area contributed by atoms with Gasteiger partial charge in [-0.15, -0.1) is 0 Å². The number of rotatable bonds is 5. The molecular formula is C25H33N5O2. The molecule has 2 aromatic carbocycles. The van der Waals surface area contributed by atoms with Gasteiger partial charge in [-0.25, -0.2) is 4.99 Å². The van der Waals surface area contributed by atoms with E-state index >= 15 is 0 Å². The molecule has 0 spiro atoms. The van der Waals surface area contributed by atoms with Crippen LogP contribution < -0.4 is 15.0 Å². The fourth-order valence-electron chi connectivity index (χ4n) is 4.35. The van der Waals surface area contributed by atoms with E-state index in [1.54, 1.807) is 7.11 Å². The van der Waals surface area contributed by atoms with Crippen molar-refractivity contribution < 1.29 is 9.53 Å². The molecule has 0 radical (unpaired) electrons. The Morgan fingerprint density at radius 1 is 0.969 bits per heavy atom. The summed E-state index contributed by atoms with van der Waals surface area (Å²) in [5.41, 5.74) is 3.80. The maximum absolute atomic E-state index is 12.8. The average molecular weight is 436 g/mol. The van der Waals surface area contributed by atoms with Gasteiger partial charge in [0.05, 0.1) is 7.11 Å². The summed E-state index contributed by atoms with van der Waals surface area (Å²) in [7, 11) is 1.68. The minimum Gasteiger partial charge on any atom is -0.497 e. The first-order chi connectivity index (χ1) is 15.7. The van der Waals surface area contributed by atoms with Gasteiger partial charge in [-0.1, -0.05) is 24.3 Å². The number of piperazine rings is 1. The van der Waals surface area contributed by atoms with Crippen LogP contribution >= 0.6 is 0 Å². The highest BCUT2D eigenvalue weighted by Gasteiger charge is 2.22. The molecular weight excluding hydrogens is 402 g/mol. The topological polar surface area (TPSA) is 60.4 Å². The van der Waals surface area contributed by atoms with E-state index < -0.39 is 0 Å². The molecule has 1 saturated heterocycles. The number of carbonyl (C=O) groups excluding carboxylic acids is 1. The molecule has 0 bridgehead atoms. The lowest BCUT2D eigenvalue weighted by molar-refractivity contribution is -0.130. The highest BCUT2D eigenvalue weighted by molar-refractivity contribution is 5.85. The van der Waals surface area contributed by atoms with Crippen LogP contribution in [0.25, 0.3) is 0 Å². The third-order valence-corrected chi connectivity index (χ3v) is 6.20. The van der Waals surface area contributed by atoms with Crippen molar-refractivity contribution in [3.63, 3.8) is 0 Å². The van der Waals surface area contributed by atoms with E-state index in [0.29, 0.717) is 6.54 Å². The molecule has 2 heterocycles. The highest BCUT2D eigenvalue weighted by atomic mass is 16.5. The van der Waals surface area contributed by atoms with Crippen molar-refractivity contribution in [2.45, 2.75) is 19.9 Å². The third kappa shape index (κ3) is 5.15. The molecule has 1 amide bonds. The minimum atomic E-state index is 0.0896. The Labute approximate surface area is 190 Å². The molecule has 0 atom stereocenters. The lowest BCUT2D eigenvalue weighted by atomic mass is 10.00. The van der Waals surface area contributed by atoms with Crippen molar-refractivity contribution in [1.29, 1.82) is 0 Å². The zero-order chi connectivity index (χ0) is 22.3. The number of nitrogens with one attached hydrogen (secondary N) is 1. The Kier molecular flexibility index (Phi) is 7.14. The van der Waals surface area contributed by atoms with Crippen LogP contribution in [0.1, 0.15) is 18.1 Å². The summed E-state index contributed by atoms with van der Waals surface area (Å²) >= 11 is 0. The molecule has 0 aliphatic carbocycles. The third-order valence-electron chi connectivity index (χ3n) is 6.20. The Bertz CT molecular complexity index is 936. The second-order valence-electron chi connectivity index (χ2n) is 8.18. The standard InChI is InChI=1S/C25H33N5O2/c1-3-26-25(27-18-24(31)30-13-12-20-6-4-5-7-21(20)19-30)29-16-14-28(15-17-29)22-8-10-23(32-2)11-9-22/h4-11H,3,12-19H2,1-2H3,(H,26,27). The van der Waals surface area contributed by atoms with Gasteiger partial charge in [0.1, 0.15) is 12.3 Å². The molecule has 32 heavy (non-hydrogen) atoms. The predicted molar refractivity (Wildman–Crippen MR) is 128 cm³/mol. The molecule has 0 unspecified atom stereocenters. The Morgan fingerprint density at radius 3 is 2.38 bits per heavy atom. The number of fused-ring (bicyclic) bond motifs is 1. The molecule has 7 heteroatoms. The number of amides is 1. The molecule has 1 fully saturated rings. The Hall–Kier alpha value is -3.22. The van der Waals surface area contributed by atoms with Crippen LogP contribution in [0.2, 0.25) is 0 Å². The van der Waals surface area contributed by atoms with Crippen LogP contribution in [0.15, 0.2) is 53.5 Å². The van der Waals surface area contributed by atoms with E-state index in [4.69, 9.17) is 9.73 Å². The highest BCUT2D eigenvalue weighted by Crippen LogP contribution is 2.21. The zero-order valence-corrected chi connectivity index (χ0v) is 19.1. The van der Waals surface area contributed by atoms with Gasteiger partial charge < -0.3 is 24.8 Å². The van der Waals surface area contributed by atoms with Crippen molar-refractivity contribution in [3.05, 3.63) is 59.7 Å². The number of guanidine groups is 1. The smallest absolute Gasteiger partial charge is 0.244 e. The van der Waals surface area contributed by atoms with Crippen molar-refractivity contribution in [3.8, 4) is 5.75 Å². The zero-order valence-electron chi connectivity index (χ0n) is 19.1. The SMILES string of the molecule is CCNC(=NCC(=O)N1CCc2ccccc2C1)N1CCN(c2ccc(OC)cc2)CC1. The summed E-state index contributed by atoms with van der Waals surface area (Å²) in [6.45, 7) is 8.02. The molecule has 2 aliphatic rings. The van der Waals surface area contributed by atoms with Crippen molar-refractivity contribution in [2.75, 3.05) is 57.8 Å². The van der Waals surface area contributed by atoms with E-state index in [0.717, 1.165) is 57.4 Å². The van der Waals surface area contributed by atoms with Gasteiger partial charge >= 0.3 is 0 Å². The number of ether oxygens (including phenoxy) is 1. The van der Waals surface area contributed by atoms with Crippen molar-refractivity contribution in [2.24, 2.45) is 4.99 Å². The van der Waals surface area contributed by atoms with E-state index in [2.05, 4.69) is 52.4 Å². The van der Waals surface area contributed by atoms with E-state index in [-0.39, 0.29) is 12.5 Å². The number of hydrogen-bond acceptors (Lipinski definition) is 4. The molecule has 0 saturated carbocycles. The first kappa shape index (κ1) is 22.0. The number of carbonyl (C=O) groups is 1. The van der Waals surface area contributed by atoms with Gasteiger partial charge in [0.25, 0.3) is 0 Å². The number of aliphatic imine (C=N–C) groups is 1. The van der Waals surface area contributed by atoms with Gasteiger partial charge in [-0.3, -0.25) is 4.79 Å². The van der Waals surface area contributed by atoms with Crippen LogP contribution in [0.4, 0.5) is 5.69 Å². The summed E-state index contributed by atoms with van der Waals surface area (Å²) < 4.78 is 5.26. The number of anilines is 1. The summed E-state index contributed by atoms with van der Waals surface area (Å²) in [4.78, 5) is 24.1. The maximum Gasteiger partial charge on any atom is 0.244 e. The van der Waals surface area contributed by atoms with Crippen molar-refractivity contribution in [1.82, 2.24) is 15.1 Å². The van der Waals surface area contributed by atoms with Crippen LogP contribution in [0, 0.1) is 0 Å². The van der Waals surface area contributed by atoms with Crippen LogP contribution in [0.5, 0.6) is 5.75 Å². The number of benzene rings is 2. The molecule has 1 N–H and O–H groups in total. The molecule has 170 valence electrons. The summed E-state index contributed by atoms with van der Waals surface area (Å²) in [5.74, 6) is 1.79. The molecule has 2 aliphatic heterocycles. The first-order valence-corrected chi connectivity index (χ1v) is 11.4. The number of methoxy groups -OCH3 is 1. The summed E-state index contributed by atoms with van der Waals surface area (Å²) in [5, 5.41) is 3.37. The summed E-state index contributed by atoms with van der Waals surface area (Å²) in [6.07, 6.45) is 0.916. The summed E-state index contributed by atoms with van der Waals surface area (Å²) in [6, 6.07) is 16.6. The molecule has 7 nitrogen and oxygen atoms in total. The second-order valence-corrected chi connectivity index (χ2v) is 8.18. The lowest BCUT2D eigenvalue weighted by Crippen LogP contribution is -2.52. The molecule has 0 aromatic heterocycles. The average Bonchev–Trinajstić information content (AvgIpc) is 2.86. The quantitative estimate of drug-likeness (QED) is 0.577. The van der Waals surface area contributed by atoms with Gasteiger partial charge in [0.15, 0.2) is 5.96 Å². The normalized spacial score (nSPS) is 16.6. The largest absolute Gasteiger partial charge is 0.497 e. The van der Waals surface area contributed by atoms with Gasteiger partial charge in [0.2, 0.25) is 5.91 Å². The second kappa shape index (κ2) is 10.4. The fraction of sp³-hybridized carbons (Fsp3) is 0.440. The number of nitrogens with zero attached hydrogens (tertiary/aromatic N) is 4. The minimum absolute atomic E-state index is 0.0896. The van der Waals surface area contributed by atoms with E-state index in [1.807, 2.05) is 23.1 Å². The van der Waals surface area contributed by atoms with E-state index in [1.165, 1.54) is 16.8 Å².